The van der Waals surface area contributed by atoms with Crippen LogP contribution in [0, 0.1) is 0 Å². The van der Waals surface area contributed by atoms with Gasteiger partial charge in [-0.3, -0.25) is 4.57 Å². The summed E-state index contributed by atoms with van der Waals surface area (Å²) < 4.78 is 27.3. The first-order valence-electron chi connectivity index (χ1n) is 6.10. The minimum absolute atomic E-state index is 0.0448. The van der Waals surface area contributed by atoms with Crippen LogP contribution >= 0.6 is 7.60 Å². The third-order valence-corrected chi connectivity index (χ3v) is 4.99. The molecule has 0 aromatic heterocycles. The van der Waals surface area contributed by atoms with Gasteiger partial charge in [-0.1, -0.05) is 0 Å². The summed E-state index contributed by atoms with van der Waals surface area (Å²) in [5.74, 6) is -1.74. The second kappa shape index (κ2) is 7.10. The summed E-state index contributed by atoms with van der Waals surface area (Å²) in [5, 5.41) is 38.3. The van der Waals surface area contributed by atoms with E-state index in [1.54, 1.807) is 13.8 Å². The van der Waals surface area contributed by atoms with Crippen LogP contribution in [0.3, 0.4) is 0 Å². The molecule has 1 aliphatic rings. The van der Waals surface area contributed by atoms with Gasteiger partial charge in [0.05, 0.1) is 19.8 Å². The molecule has 1 unspecified atom stereocenters. The molecular formula is C10H21O8P. The maximum atomic E-state index is 12.3. The van der Waals surface area contributed by atoms with E-state index in [9.17, 15) is 19.9 Å². The van der Waals surface area contributed by atoms with Crippen LogP contribution in [0.5, 0.6) is 0 Å². The molecule has 0 saturated carbocycles. The highest BCUT2D eigenvalue weighted by atomic mass is 31.2. The number of aliphatic hydroxyl groups excluding tert-OH is 4. The average molecular weight is 300 g/mol. The Kier molecular flexibility index (Phi) is 6.35. The van der Waals surface area contributed by atoms with Gasteiger partial charge in [0.2, 0.25) is 0 Å². The maximum Gasteiger partial charge on any atom is 0.361 e. The van der Waals surface area contributed by atoms with Crippen molar-refractivity contribution in [2.45, 2.75) is 44.1 Å². The van der Waals surface area contributed by atoms with E-state index in [4.69, 9.17) is 18.9 Å². The molecular weight excluding hydrogens is 279 g/mol. The van der Waals surface area contributed by atoms with Crippen molar-refractivity contribution in [3.8, 4) is 0 Å². The van der Waals surface area contributed by atoms with Crippen molar-refractivity contribution in [2.24, 2.45) is 0 Å². The van der Waals surface area contributed by atoms with Gasteiger partial charge in [-0.15, -0.1) is 0 Å². The molecule has 0 spiro atoms. The Morgan fingerprint density at radius 2 is 1.74 bits per heavy atom. The molecule has 8 nitrogen and oxygen atoms in total. The highest BCUT2D eigenvalue weighted by Crippen LogP contribution is 2.54. The van der Waals surface area contributed by atoms with E-state index in [1.807, 2.05) is 0 Å². The highest BCUT2D eigenvalue weighted by Gasteiger charge is 2.52. The van der Waals surface area contributed by atoms with Gasteiger partial charge in [0.15, 0.2) is 5.85 Å². The van der Waals surface area contributed by atoms with Crippen molar-refractivity contribution in [1.29, 1.82) is 0 Å². The van der Waals surface area contributed by atoms with Crippen molar-refractivity contribution in [3.63, 3.8) is 0 Å². The number of ether oxygens (including phenoxy) is 1. The smallest absolute Gasteiger partial charge is 0.361 e. The fourth-order valence-corrected chi connectivity index (χ4v) is 3.61. The summed E-state index contributed by atoms with van der Waals surface area (Å²) in [6.07, 6.45) is -5.26. The second-order valence-electron chi connectivity index (χ2n) is 4.09. The SMILES string of the molecule is CCOP(=O)(OCC)C(O)[C@H]1O[C@H](CO)[C@@H](O)[C@@H]1O. The molecule has 0 aliphatic carbocycles. The highest BCUT2D eigenvalue weighted by molar-refractivity contribution is 7.54. The van der Waals surface area contributed by atoms with E-state index >= 15 is 0 Å². The zero-order valence-corrected chi connectivity index (χ0v) is 11.8. The maximum absolute atomic E-state index is 12.3. The van der Waals surface area contributed by atoms with Gasteiger partial charge in [0, 0.05) is 0 Å². The van der Waals surface area contributed by atoms with E-state index in [0.29, 0.717) is 0 Å². The Balaban J connectivity index is 2.86. The summed E-state index contributed by atoms with van der Waals surface area (Å²) in [6.45, 7) is 2.71. The molecule has 1 fully saturated rings. The molecule has 114 valence electrons. The zero-order chi connectivity index (χ0) is 14.6. The summed E-state index contributed by atoms with van der Waals surface area (Å²) >= 11 is 0. The topological polar surface area (TPSA) is 126 Å². The Morgan fingerprint density at radius 3 is 2.11 bits per heavy atom. The van der Waals surface area contributed by atoms with Crippen LogP contribution in [0.2, 0.25) is 0 Å². The average Bonchev–Trinajstić information content (AvgIpc) is 2.66. The summed E-state index contributed by atoms with van der Waals surface area (Å²) in [6, 6.07) is 0. The number of rotatable bonds is 7. The molecule has 0 aromatic rings. The van der Waals surface area contributed by atoms with Crippen LogP contribution in [0.15, 0.2) is 0 Å². The molecule has 4 N–H and O–H groups in total. The quantitative estimate of drug-likeness (QED) is 0.444. The Labute approximate surface area is 111 Å². The van der Waals surface area contributed by atoms with E-state index in [2.05, 4.69) is 0 Å². The van der Waals surface area contributed by atoms with Crippen LogP contribution in [0.25, 0.3) is 0 Å². The first-order chi connectivity index (χ1) is 8.91. The molecule has 0 bridgehead atoms. The molecule has 5 atom stereocenters. The predicted octanol–water partition coefficient (Wildman–Crippen LogP) is -0.948. The fraction of sp³-hybridized carbons (Fsp3) is 1.00. The molecule has 1 saturated heterocycles. The summed E-state index contributed by atoms with van der Waals surface area (Å²) in [7, 11) is -3.88. The van der Waals surface area contributed by atoms with Crippen molar-refractivity contribution in [1.82, 2.24) is 0 Å². The number of hydrogen-bond acceptors (Lipinski definition) is 8. The van der Waals surface area contributed by atoms with Crippen molar-refractivity contribution < 1.29 is 38.8 Å². The molecule has 0 aromatic carbocycles. The molecule has 1 heterocycles. The first-order valence-corrected chi connectivity index (χ1v) is 7.71. The van der Waals surface area contributed by atoms with Gasteiger partial charge in [0.1, 0.15) is 24.4 Å². The van der Waals surface area contributed by atoms with Gasteiger partial charge in [-0.2, -0.15) is 0 Å². The van der Waals surface area contributed by atoms with Crippen molar-refractivity contribution in [3.05, 3.63) is 0 Å². The van der Waals surface area contributed by atoms with Crippen LogP contribution in [-0.4, -0.2) is 70.5 Å². The van der Waals surface area contributed by atoms with E-state index < -0.39 is 44.5 Å². The summed E-state index contributed by atoms with van der Waals surface area (Å²) in [4.78, 5) is 0. The Bertz CT molecular complexity index is 315. The summed E-state index contributed by atoms with van der Waals surface area (Å²) in [5.41, 5.74) is 0. The molecule has 1 rings (SSSR count). The standard InChI is InChI=1S/C10H21O8P/c1-3-16-19(15,17-4-2)10(14)9-8(13)7(12)6(5-11)18-9/h6-14H,3-5H2,1-2H3/t6-,7-,8+,9+,10?/m1/s1. The van der Waals surface area contributed by atoms with Gasteiger partial charge in [0.25, 0.3) is 0 Å². The molecule has 0 radical (unpaired) electrons. The number of hydrogen-bond donors (Lipinski definition) is 4. The molecule has 1 aliphatic heterocycles. The Morgan fingerprint density at radius 1 is 1.21 bits per heavy atom. The van der Waals surface area contributed by atoms with Gasteiger partial charge >= 0.3 is 7.60 Å². The second-order valence-corrected chi connectivity index (χ2v) is 6.22. The van der Waals surface area contributed by atoms with Crippen LogP contribution in [-0.2, 0) is 18.3 Å². The van der Waals surface area contributed by atoms with Crippen LogP contribution in [0.4, 0.5) is 0 Å². The first kappa shape index (κ1) is 17.0. The van der Waals surface area contributed by atoms with Gasteiger partial charge < -0.3 is 34.2 Å². The third kappa shape index (κ3) is 3.53. The lowest BCUT2D eigenvalue weighted by atomic mass is 10.1. The van der Waals surface area contributed by atoms with E-state index in [1.165, 1.54) is 0 Å². The van der Waals surface area contributed by atoms with Gasteiger partial charge in [-0.05, 0) is 13.8 Å². The predicted molar refractivity (Wildman–Crippen MR) is 64.6 cm³/mol. The van der Waals surface area contributed by atoms with Crippen LogP contribution < -0.4 is 0 Å². The van der Waals surface area contributed by atoms with Crippen molar-refractivity contribution in [2.75, 3.05) is 19.8 Å². The third-order valence-electron chi connectivity index (χ3n) is 2.82. The monoisotopic (exact) mass is 300 g/mol. The lowest BCUT2D eigenvalue weighted by molar-refractivity contribution is -0.0588. The van der Waals surface area contributed by atoms with Crippen LogP contribution in [0.1, 0.15) is 13.8 Å². The fourth-order valence-electron chi connectivity index (χ4n) is 1.90. The minimum atomic E-state index is -3.88. The normalized spacial score (nSPS) is 33.6. The zero-order valence-electron chi connectivity index (χ0n) is 10.9. The lowest BCUT2D eigenvalue weighted by Gasteiger charge is -2.27. The minimum Gasteiger partial charge on any atom is -0.394 e. The molecule has 0 amide bonds. The number of aliphatic hydroxyl groups is 4. The van der Waals surface area contributed by atoms with Gasteiger partial charge in [-0.25, -0.2) is 0 Å². The largest absolute Gasteiger partial charge is 0.394 e. The van der Waals surface area contributed by atoms with E-state index in [-0.39, 0.29) is 13.2 Å². The molecule has 19 heavy (non-hydrogen) atoms. The lowest BCUT2D eigenvalue weighted by Crippen LogP contribution is -2.39. The van der Waals surface area contributed by atoms with E-state index in [0.717, 1.165) is 0 Å². The molecule has 9 heteroatoms. The van der Waals surface area contributed by atoms with Crippen molar-refractivity contribution >= 4 is 7.60 Å². The Hall–Kier alpha value is -0.0500.